The van der Waals surface area contributed by atoms with Crippen molar-refractivity contribution in [2.45, 2.75) is 45.8 Å². The molecule has 2 aromatic heterocycles. The Morgan fingerprint density at radius 1 is 1.26 bits per heavy atom. The highest BCUT2D eigenvalue weighted by Gasteiger charge is 2.33. The topological polar surface area (TPSA) is 68.0 Å². The van der Waals surface area contributed by atoms with E-state index in [9.17, 15) is 4.79 Å². The van der Waals surface area contributed by atoms with Gasteiger partial charge in [-0.05, 0) is 38.8 Å². The average Bonchev–Trinajstić information content (AvgIpc) is 3.40. The van der Waals surface area contributed by atoms with Gasteiger partial charge in [0.2, 0.25) is 0 Å². The molecule has 0 radical (unpaired) electrons. The zero-order valence-electron chi connectivity index (χ0n) is 16.4. The van der Waals surface area contributed by atoms with E-state index in [1.165, 1.54) is 0 Å². The molecule has 27 heavy (non-hydrogen) atoms. The number of hydrogen-bond donors (Lipinski definition) is 1. The van der Waals surface area contributed by atoms with Gasteiger partial charge in [0, 0.05) is 31.4 Å². The van der Waals surface area contributed by atoms with Crippen molar-refractivity contribution in [1.29, 1.82) is 0 Å². The molecule has 2 heterocycles. The molecule has 0 aliphatic heterocycles. The first-order chi connectivity index (χ1) is 13.0. The number of urea groups is 1. The van der Waals surface area contributed by atoms with Gasteiger partial charge < -0.3 is 14.8 Å². The van der Waals surface area contributed by atoms with Gasteiger partial charge in [-0.1, -0.05) is 12.1 Å². The van der Waals surface area contributed by atoms with Gasteiger partial charge in [-0.15, -0.1) is 0 Å². The van der Waals surface area contributed by atoms with Crippen LogP contribution in [0.4, 0.5) is 4.79 Å². The van der Waals surface area contributed by atoms with E-state index in [0.29, 0.717) is 19.1 Å². The smallest absolute Gasteiger partial charge is 0.318 e. The summed E-state index contributed by atoms with van der Waals surface area (Å²) < 4.78 is 3.92. The van der Waals surface area contributed by atoms with Gasteiger partial charge in [-0.25, -0.2) is 9.78 Å². The Balaban J connectivity index is 1.48. The van der Waals surface area contributed by atoms with Crippen molar-refractivity contribution >= 4 is 17.1 Å². The predicted octanol–water partition coefficient (Wildman–Crippen LogP) is 2.80. The van der Waals surface area contributed by atoms with E-state index in [-0.39, 0.29) is 6.03 Å². The van der Waals surface area contributed by atoms with Crippen LogP contribution in [0.2, 0.25) is 0 Å². The number of nitrogens with zero attached hydrogens (tertiary/aromatic N) is 5. The number of hydrogen-bond acceptors (Lipinski definition) is 3. The minimum Gasteiger partial charge on any atom is -0.331 e. The fraction of sp³-hybridized carbons (Fsp3) is 0.450. The van der Waals surface area contributed by atoms with Gasteiger partial charge in [0.05, 0.1) is 29.8 Å². The van der Waals surface area contributed by atoms with E-state index >= 15 is 0 Å². The van der Waals surface area contributed by atoms with Crippen LogP contribution in [0.3, 0.4) is 0 Å². The summed E-state index contributed by atoms with van der Waals surface area (Å²) in [6, 6.07) is 8.30. The van der Waals surface area contributed by atoms with Crippen LogP contribution in [0.15, 0.2) is 24.3 Å². The molecule has 0 bridgehead atoms. The second-order valence-corrected chi connectivity index (χ2v) is 7.37. The van der Waals surface area contributed by atoms with Crippen LogP contribution in [0.1, 0.15) is 35.6 Å². The number of para-hydroxylation sites is 2. The molecule has 1 saturated carbocycles. The van der Waals surface area contributed by atoms with Gasteiger partial charge >= 0.3 is 6.03 Å². The molecule has 0 unspecified atom stereocenters. The molecule has 142 valence electrons. The maximum atomic E-state index is 12.9. The lowest BCUT2D eigenvalue weighted by molar-refractivity contribution is 0.191. The third kappa shape index (κ3) is 3.29. The lowest BCUT2D eigenvalue weighted by Crippen LogP contribution is -2.41. The molecule has 1 aliphatic rings. The molecule has 1 N–H and O–H groups in total. The number of aromatic nitrogens is 4. The van der Waals surface area contributed by atoms with Gasteiger partial charge in [0.15, 0.2) is 0 Å². The third-order valence-corrected chi connectivity index (χ3v) is 5.51. The van der Waals surface area contributed by atoms with Crippen molar-refractivity contribution in [2.75, 3.05) is 0 Å². The first-order valence-electron chi connectivity index (χ1n) is 9.39. The lowest BCUT2D eigenvalue weighted by Gasteiger charge is -2.23. The number of benzene rings is 1. The Hall–Kier alpha value is -2.83. The van der Waals surface area contributed by atoms with E-state index in [0.717, 1.165) is 46.7 Å². The first kappa shape index (κ1) is 17.6. The van der Waals surface area contributed by atoms with Gasteiger partial charge in [0.25, 0.3) is 0 Å². The normalized spacial score (nSPS) is 13.9. The van der Waals surface area contributed by atoms with Crippen LogP contribution in [0, 0.1) is 13.8 Å². The molecule has 0 spiro atoms. The van der Waals surface area contributed by atoms with E-state index in [4.69, 9.17) is 0 Å². The monoisotopic (exact) mass is 366 g/mol. The zero-order chi connectivity index (χ0) is 19.1. The van der Waals surface area contributed by atoms with Gasteiger partial charge in [-0.2, -0.15) is 5.10 Å². The van der Waals surface area contributed by atoms with E-state index in [2.05, 4.69) is 22.3 Å². The van der Waals surface area contributed by atoms with Crippen LogP contribution >= 0.6 is 0 Å². The first-order valence-corrected chi connectivity index (χ1v) is 9.39. The quantitative estimate of drug-likeness (QED) is 0.755. The van der Waals surface area contributed by atoms with E-state index in [1.807, 2.05) is 59.4 Å². The SMILES string of the molecule is Cc1nn(C)c(C)c1CN(C(=O)NCc1nc2ccccc2n1C)C1CC1. The Morgan fingerprint density at radius 3 is 2.63 bits per heavy atom. The molecule has 4 rings (SSSR count). The van der Waals surface area contributed by atoms with Crippen molar-refractivity contribution in [3.05, 3.63) is 47.0 Å². The minimum atomic E-state index is -0.0350. The Labute approximate surface area is 159 Å². The molecule has 0 atom stereocenters. The number of carbonyl (C=O) groups is 1. The van der Waals surface area contributed by atoms with E-state index < -0.39 is 0 Å². The summed E-state index contributed by atoms with van der Waals surface area (Å²) in [5.74, 6) is 0.856. The Kier molecular flexibility index (Phi) is 4.37. The van der Waals surface area contributed by atoms with Crippen LogP contribution in [-0.2, 0) is 27.2 Å². The summed E-state index contributed by atoms with van der Waals surface area (Å²) in [7, 11) is 3.93. The molecule has 1 aromatic carbocycles. The third-order valence-electron chi connectivity index (χ3n) is 5.51. The summed E-state index contributed by atoms with van der Waals surface area (Å²) in [6.07, 6.45) is 2.14. The van der Waals surface area contributed by atoms with Gasteiger partial charge in [-0.3, -0.25) is 4.68 Å². The number of rotatable bonds is 5. The number of nitrogens with one attached hydrogen (secondary N) is 1. The van der Waals surface area contributed by atoms with Gasteiger partial charge in [0.1, 0.15) is 5.82 Å². The molecule has 7 heteroatoms. The molecular weight excluding hydrogens is 340 g/mol. The maximum Gasteiger partial charge on any atom is 0.318 e. The molecule has 1 aliphatic carbocycles. The second kappa shape index (κ2) is 6.72. The highest BCUT2D eigenvalue weighted by Crippen LogP contribution is 2.29. The Morgan fingerprint density at radius 2 is 2.00 bits per heavy atom. The molecule has 3 aromatic rings. The standard InChI is InChI=1S/C20H26N6O/c1-13-16(14(2)25(4)23-13)12-26(15-9-10-15)20(27)21-11-19-22-17-7-5-6-8-18(17)24(19)3/h5-8,15H,9-12H2,1-4H3,(H,21,27). The van der Waals surface area contributed by atoms with Crippen molar-refractivity contribution in [3.8, 4) is 0 Å². The number of carbonyl (C=O) groups excluding carboxylic acids is 1. The summed E-state index contributed by atoms with van der Waals surface area (Å²) in [6.45, 7) is 5.07. The van der Waals surface area contributed by atoms with Crippen molar-refractivity contribution < 1.29 is 4.79 Å². The van der Waals surface area contributed by atoms with Crippen LogP contribution in [0.25, 0.3) is 11.0 Å². The number of imidazole rings is 1. The summed E-state index contributed by atoms with van der Waals surface area (Å²) in [5.41, 5.74) is 5.26. The fourth-order valence-electron chi connectivity index (χ4n) is 3.58. The summed E-state index contributed by atoms with van der Waals surface area (Å²) >= 11 is 0. The minimum absolute atomic E-state index is 0.0350. The maximum absolute atomic E-state index is 12.9. The van der Waals surface area contributed by atoms with Crippen LogP contribution in [-0.4, -0.2) is 36.3 Å². The van der Waals surface area contributed by atoms with Crippen LogP contribution < -0.4 is 5.32 Å². The number of fused-ring (bicyclic) bond motifs is 1. The number of aryl methyl sites for hydroxylation is 3. The molecule has 2 amide bonds. The molecule has 7 nitrogen and oxygen atoms in total. The molecule has 0 saturated heterocycles. The Bertz CT molecular complexity index is 997. The molecular formula is C20H26N6O. The van der Waals surface area contributed by atoms with Crippen LogP contribution in [0.5, 0.6) is 0 Å². The lowest BCUT2D eigenvalue weighted by atomic mass is 10.2. The average molecular weight is 366 g/mol. The predicted molar refractivity (Wildman–Crippen MR) is 104 cm³/mol. The summed E-state index contributed by atoms with van der Waals surface area (Å²) in [5, 5.41) is 7.54. The number of amides is 2. The van der Waals surface area contributed by atoms with Crippen molar-refractivity contribution in [1.82, 2.24) is 29.5 Å². The zero-order valence-corrected chi connectivity index (χ0v) is 16.4. The largest absolute Gasteiger partial charge is 0.331 e. The molecule has 1 fully saturated rings. The second-order valence-electron chi connectivity index (χ2n) is 7.37. The van der Waals surface area contributed by atoms with Crippen molar-refractivity contribution in [2.24, 2.45) is 14.1 Å². The van der Waals surface area contributed by atoms with E-state index in [1.54, 1.807) is 0 Å². The highest BCUT2D eigenvalue weighted by molar-refractivity contribution is 5.77. The highest BCUT2D eigenvalue weighted by atomic mass is 16.2. The van der Waals surface area contributed by atoms with Crippen molar-refractivity contribution in [3.63, 3.8) is 0 Å². The fourth-order valence-corrected chi connectivity index (χ4v) is 3.58. The summed E-state index contributed by atoms with van der Waals surface area (Å²) in [4.78, 5) is 19.5.